The van der Waals surface area contributed by atoms with Crippen LogP contribution in [0.25, 0.3) is 45.1 Å². The Hall–Kier alpha value is -7.10. The van der Waals surface area contributed by atoms with E-state index in [1.54, 1.807) is 0 Å². The van der Waals surface area contributed by atoms with Gasteiger partial charge in [-0.2, -0.15) is 0 Å². The number of fused-ring (bicyclic) bond motifs is 3. The van der Waals surface area contributed by atoms with Gasteiger partial charge in [0.05, 0.1) is 0 Å². The molecule has 0 saturated heterocycles. The van der Waals surface area contributed by atoms with E-state index in [1.807, 2.05) is 0 Å². The zero-order valence-corrected chi connectivity index (χ0v) is 33.6. The van der Waals surface area contributed by atoms with Crippen molar-refractivity contribution in [3.8, 4) is 11.1 Å². The van der Waals surface area contributed by atoms with Gasteiger partial charge in [0.1, 0.15) is 0 Å². The molecule has 0 spiro atoms. The molecule has 3 heteroatoms. The molecule has 58 heavy (non-hydrogen) atoms. The molecule has 0 radical (unpaired) electrons. The molecule has 1 aromatic heterocycles. The Morgan fingerprint density at radius 1 is 0.379 bits per heavy atom. The summed E-state index contributed by atoms with van der Waals surface area (Å²) in [5.74, 6) is 0. The summed E-state index contributed by atoms with van der Waals surface area (Å²) in [5, 5.41) is 2.61. The normalized spacial score (nSPS) is 11.4. The van der Waals surface area contributed by atoms with Crippen molar-refractivity contribution in [2.75, 3.05) is 9.80 Å². The van der Waals surface area contributed by atoms with E-state index in [4.69, 9.17) is 0 Å². The predicted octanol–water partition coefficient (Wildman–Crippen LogP) is 15.5. The standard InChI is InChI=1S/C55H47N3/c1-5-56-54-9-7-6-8-52(54)53-38-43(20-37-55(53)56)17-16-42-18-31-49(32-19-42)58(48-29-14-41(4)15-30-48)51-35-23-45(24-36-51)44-21-33-50(34-22-44)57(46-25-10-39(2)11-26-46)47-27-12-40(3)13-28-47/h6-38H,5H2,1-4H3/b17-16+. The average Bonchev–Trinajstić information content (AvgIpc) is 3.59. The molecule has 0 atom stereocenters. The summed E-state index contributed by atoms with van der Waals surface area (Å²) >= 11 is 0. The second kappa shape index (κ2) is 15.8. The van der Waals surface area contributed by atoms with E-state index in [9.17, 15) is 0 Å². The Kier molecular flexibility index (Phi) is 9.95. The zero-order valence-electron chi connectivity index (χ0n) is 33.6. The number of para-hydroxylation sites is 1. The first kappa shape index (κ1) is 36.5. The van der Waals surface area contributed by atoms with Gasteiger partial charge in [-0.3, -0.25) is 0 Å². The lowest BCUT2D eigenvalue weighted by molar-refractivity contribution is 0.827. The van der Waals surface area contributed by atoms with Crippen molar-refractivity contribution in [3.05, 3.63) is 216 Å². The van der Waals surface area contributed by atoms with Crippen LogP contribution in [0, 0.1) is 20.8 Å². The lowest BCUT2D eigenvalue weighted by atomic mass is 10.0. The second-order valence-electron chi connectivity index (χ2n) is 15.2. The van der Waals surface area contributed by atoms with Crippen LogP contribution in [-0.2, 0) is 6.54 Å². The molecule has 0 aliphatic heterocycles. The fourth-order valence-electron chi connectivity index (χ4n) is 8.02. The maximum atomic E-state index is 2.40. The highest BCUT2D eigenvalue weighted by Gasteiger charge is 2.15. The van der Waals surface area contributed by atoms with Crippen molar-refractivity contribution < 1.29 is 0 Å². The first-order valence-electron chi connectivity index (χ1n) is 20.2. The summed E-state index contributed by atoms with van der Waals surface area (Å²) in [6.45, 7) is 9.56. The molecular weight excluding hydrogens is 703 g/mol. The van der Waals surface area contributed by atoms with Crippen LogP contribution in [0.3, 0.4) is 0 Å². The number of hydrogen-bond acceptors (Lipinski definition) is 2. The van der Waals surface area contributed by atoms with Gasteiger partial charge in [0.25, 0.3) is 0 Å². The minimum Gasteiger partial charge on any atom is -0.341 e. The Bertz CT molecular complexity index is 2800. The van der Waals surface area contributed by atoms with Gasteiger partial charge >= 0.3 is 0 Å². The number of nitrogens with zero attached hydrogens (tertiary/aromatic N) is 3. The van der Waals surface area contributed by atoms with E-state index >= 15 is 0 Å². The number of benzene rings is 8. The number of aromatic nitrogens is 1. The summed E-state index contributed by atoms with van der Waals surface area (Å²) in [6.07, 6.45) is 4.43. The fourth-order valence-corrected chi connectivity index (χ4v) is 8.02. The maximum absolute atomic E-state index is 2.40. The molecule has 1 heterocycles. The van der Waals surface area contributed by atoms with Gasteiger partial charge in [0.15, 0.2) is 0 Å². The van der Waals surface area contributed by atoms with Crippen LogP contribution in [0.1, 0.15) is 34.7 Å². The summed E-state index contributed by atoms with van der Waals surface area (Å²) in [6, 6.07) is 68.4. The monoisotopic (exact) mass is 749 g/mol. The summed E-state index contributed by atoms with van der Waals surface area (Å²) in [7, 11) is 0. The average molecular weight is 750 g/mol. The minimum absolute atomic E-state index is 0.951. The smallest absolute Gasteiger partial charge is 0.0491 e. The number of rotatable bonds is 10. The number of aryl methyl sites for hydroxylation is 4. The summed E-state index contributed by atoms with van der Waals surface area (Å²) in [4.78, 5) is 4.65. The maximum Gasteiger partial charge on any atom is 0.0491 e. The first-order chi connectivity index (χ1) is 28.4. The molecule has 282 valence electrons. The Labute approximate surface area is 342 Å². The minimum atomic E-state index is 0.951. The predicted molar refractivity (Wildman–Crippen MR) is 250 cm³/mol. The second-order valence-corrected chi connectivity index (χ2v) is 15.2. The lowest BCUT2D eigenvalue weighted by Crippen LogP contribution is -2.10. The molecule has 9 rings (SSSR count). The third-order valence-electron chi connectivity index (χ3n) is 11.2. The molecule has 8 aromatic carbocycles. The van der Waals surface area contributed by atoms with Gasteiger partial charge in [0.2, 0.25) is 0 Å². The Balaban J connectivity index is 0.978. The number of hydrogen-bond donors (Lipinski definition) is 0. The van der Waals surface area contributed by atoms with E-state index in [-0.39, 0.29) is 0 Å². The van der Waals surface area contributed by atoms with E-state index in [2.05, 4.69) is 242 Å². The summed E-state index contributed by atoms with van der Waals surface area (Å²) in [5.41, 5.74) is 17.8. The molecule has 3 nitrogen and oxygen atoms in total. The SMILES string of the molecule is CCn1c2ccccc2c2cc(/C=C/c3ccc(N(c4ccc(C)cc4)c4ccc(-c5ccc(N(c6ccc(C)cc6)c6ccc(C)cc6)cc5)cc4)cc3)ccc21. The Morgan fingerprint density at radius 3 is 1.19 bits per heavy atom. The van der Waals surface area contributed by atoms with Gasteiger partial charge in [-0.1, -0.05) is 126 Å². The number of anilines is 6. The highest BCUT2D eigenvalue weighted by molar-refractivity contribution is 6.08. The van der Waals surface area contributed by atoms with Gasteiger partial charge in [-0.25, -0.2) is 0 Å². The molecule has 0 saturated carbocycles. The molecule has 0 N–H and O–H groups in total. The first-order valence-corrected chi connectivity index (χ1v) is 20.2. The lowest BCUT2D eigenvalue weighted by Gasteiger charge is -2.26. The van der Waals surface area contributed by atoms with Crippen LogP contribution >= 0.6 is 0 Å². The summed E-state index contributed by atoms with van der Waals surface area (Å²) < 4.78 is 2.40. The van der Waals surface area contributed by atoms with Gasteiger partial charge in [-0.15, -0.1) is 0 Å². The van der Waals surface area contributed by atoms with Crippen molar-refractivity contribution in [3.63, 3.8) is 0 Å². The van der Waals surface area contributed by atoms with Crippen LogP contribution in [0.4, 0.5) is 34.1 Å². The largest absolute Gasteiger partial charge is 0.341 e. The van der Waals surface area contributed by atoms with Crippen LogP contribution in [0.15, 0.2) is 188 Å². The molecule has 0 aliphatic rings. The molecule has 0 amide bonds. The van der Waals surface area contributed by atoms with Crippen molar-refractivity contribution in [1.29, 1.82) is 0 Å². The third kappa shape index (κ3) is 7.31. The molecular formula is C55H47N3. The zero-order chi connectivity index (χ0) is 39.6. The highest BCUT2D eigenvalue weighted by Crippen LogP contribution is 2.39. The van der Waals surface area contributed by atoms with Crippen LogP contribution < -0.4 is 9.80 Å². The molecule has 0 fully saturated rings. The van der Waals surface area contributed by atoms with E-state index in [1.165, 1.54) is 55.2 Å². The molecule has 9 aromatic rings. The Morgan fingerprint density at radius 2 is 0.741 bits per heavy atom. The van der Waals surface area contributed by atoms with E-state index in [0.29, 0.717) is 0 Å². The van der Waals surface area contributed by atoms with Crippen LogP contribution in [0.5, 0.6) is 0 Å². The van der Waals surface area contributed by atoms with Crippen molar-refractivity contribution in [2.45, 2.75) is 34.2 Å². The van der Waals surface area contributed by atoms with E-state index < -0.39 is 0 Å². The van der Waals surface area contributed by atoms with Gasteiger partial charge in [0, 0.05) is 62.5 Å². The van der Waals surface area contributed by atoms with Crippen molar-refractivity contribution >= 4 is 68.1 Å². The van der Waals surface area contributed by atoms with Crippen LogP contribution in [0.2, 0.25) is 0 Å². The molecule has 0 unspecified atom stereocenters. The quantitative estimate of drug-likeness (QED) is 0.129. The molecule has 0 aliphatic carbocycles. The van der Waals surface area contributed by atoms with Gasteiger partial charge < -0.3 is 14.4 Å². The van der Waals surface area contributed by atoms with Crippen molar-refractivity contribution in [2.24, 2.45) is 0 Å². The third-order valence-corrected chi connectivity index (χ3v) is 11.2. The topological polar surface area (TPSA) is 11.4 Å². The van der Waals surface area contributed by atoms with E-state index in [0.717, 1.165) is 46.2 Å². The van der Waals surface area contributed by atoms with Crippen molar-refractivity contribution in [1.82, 2.24) is 4.57 Å². The molecule has 0 bridgehead atoms. The highest BCUT2D eigenvalue weighted by atomic mass is 15.1. The fraction of sp³-hybridized carbons (Fsp3) is 0.0909. The van der Waals surface area contributed by atoms with Gasteiger partial charge in [-0.05, 0) is 141 Å². The van der Waals surface area contributed by atoms with Crippen LogP contribution in [-0.4, -0.2) is 4.57 Å².